The Morgan fingerprint density at radius 2 is 2.21 bits per heavy atom. The lowest BCUT2D eigenvalue weighted by atomic mass is 10.0. The van der Waals surface area contributed by atoms with E-state index in [1.54, 1.807) is 0 Å². The third-order valence-corrected chi connectivity index (χ3v) is 2.88. The minimum Gasteiger partial charge on any atom is -0.481 e. The lowest BCUT2D eigenvalue weighted by Gasteiger charge is -2.11. The van der Waals surface area contributed by atoms with Crippen molar-refractivity contribution in [2.24, 2.45) is 4.99 Å². The number of carbonyl (C=O) groups is 1. The highest BCUT2D eigenvalue weighted by Gasteiger charge is 2.29. The van der Waals surface area contributed by atoms with Crippen LogP contribution in [0.15, 0.2) is 34.2 Å². The highest BCUT2D eigenvalue weighted by molar-refractivity contribution is 8.00. The number of carboxylic acids is 1. The molecule has 0 heterocycles. The van der Waals surface area contributed by atoms with Gasteiger partial charge in [-0.25, -0.2) is 4.99 Å². The SMILES string of the molecule is O=C(O)CC(N=C=S)c1cccc(SC(F)(F)F)c1. The van der Waals surface area contributed by atoms with Gasteiger partial charge in [0.15, 0.2) is 0 Å². The van der Waals surface area contributed by atoms with Crippen LogP contribution in [0.5, 0.6) is 0 Å². The van der Waals surface area contributed by atoms with Crippen molar-refractivity contribution in [2.75, 3.05) is 0 Å². The van der Waals surface area contributed by atoms with Gasteiger partial charge >= 0.3 is 11.5 Å². The molecule has 0 fully saturated rings. The molecule has 1 unspecified atom stereocenters. The van der Waals surface area contributed by atoms with Crippen molar-refractivity contribution in [2.45, 2.75) is 22.9 Å². The molecule has 0 aliphatic carbocycles. The van der Waals surface area contributed by atoms with Gasteiger partial charge in [0, 0.05) is 4.90 Å². The zero-order valence-corrected chi connectivity index (χ0v) is 11.0. The Bertz CT molecular complexity index is 513. The molecule has 0 amide bonds. The summed E-state index contributed by atoms with van der Waals surface area (Å²) in [7, 11) is 0. The number of carboxylic acid groups (broad SMARTS) is 1. The number of rotatable bonds is 5. The van der Waals surface area contributed by atoms with Gasteiger partial charge in [-0.3, -0.25) is 4.79 Å². The quantitative estimate of drug-likeness (QED) is 0.509. The lowest BCUT2D eigenvalue weighted by Crippen LogP contribution is -2.05. The fraction of sp³-hybridized carbons (Fsp3) is 0.273. The number of benzene rings is 1. The minimum atomic E-state index is -4.39. The Balaban J connectivity index is 3.01. The van der Waals surface area contributed by atoms with Gasteiger partial charge in [0.25, 0.3) is 0 Å². The molecule has 19 heavy (non-hydrogen) atoms. The highest BCUT2D eigenvalue weighted by atomic mass is 32.2. The van der Waals surface area contributed by atoms with Gasteiger partial charge < -0.3 is 5.11 Å². The zero-order valence-electron chi connectivity index (χ0n) is 9.35. The largest absolute Gasteiger partial charge is 0.481 e. The normalized spacial score (nSPS) is 12.6. The van der Waals surface area contributed by atoms with E-state index in [2.05, 4.69) is 22.4 Å². The number of nitrogens with zero attached hydrogens (tertiary/aromatic N) is 1. The number of thiocarbonyl (C=S) groups is 1. The standard InChI is InChI=1S/C11H8F3NO2S2/c12-11(13,14)19-8-3-1-2-7(4-8)9(15-6-18)5-10(16)17/h1-4,9H,5H2,(H,16,17). The summed E-state index contributed by atoms with van der Waals surface area (Å²) in [6.07, 6.45) is -0.357. The van der Waals surface area contributed by atoms with Crippen molar-refractivity contribution in [1.29, 1.82) is 0 Å². The molecular weight excluding hydrogens is 299 g/mol. The first-order valence-electron chi connectivity index (χ1n) is 4.96. The first-order chi connectivity index (χ1) is 8.81. The summed E-state index contributed by atoms with van der Waals surface area (Å²) in [5.41, 5.74) is -4.04. The highest BCUT2D eigenvalue weighted by Crippen LogP contribution is 2.38. The molecule has 1 N–H and O–H groups in total. The van der Waals surface area contributed by atoms with E-state index in [4.69, 9.17) is 5.11 Å². The maximum Gasteiger partial charge on any atom is 0.446 e. The van der Waals surface area contributed by atoms with Crippen LogP contribution in [0.1, 0.15) is 18.0 Å². The minimum absolute atomic E-state index is 0.0278. The molecule has 0 saturated heterocycles. The second-order valence-electron chi connectivity index (χ2n) is 3.45. The Morgan fingerprint density at radius 1 is 1.53 bits per heavy atom. The number of aliphatic imine (C=N–C) groups is 1. The molecule has 0 aliphatic heterocycles. The maximum atomic E-state index is 12.2. The molecule has 1 aromatic rings. The topological polar surface area (TPSA) is 49.7 Å². The van der Waals surface area contributed by atoms with Gasteiger partial charge in [0.2, 0.25) is 0 Å². The van der Waals surface area contributed by atoms with E-state index in [9.17, 15) is 18.0 Å². The first-order valence-corrected chi connectivity index (χ1v) is 6.19. The molecule has 1 rings (SSSR count). The number of aliphatic carboxylic acids is 1. The third kappa shape index (κ3) is 5.87. The van der Waals surface area contributed by atoms with Crippen LogP contribution in [0, 0.1) is 0 Å². The van der Waals surface area contributed by atoms with E-state index in [0.29, 0.717) is 5.56 Å². The van der Waals surface area contributed by atoms with E-state index in [1.807, 2.05) is 0 Å². The molecule has 102 valence electrons. The van der Waals surface area contributed by atoms with Crippen LogP contribution in [0.3, 0.4) is 0 Å². The van der Waals surface area contributed by atoms with Gasteiger partial charge in [-0.05, 0) is 41.7 Å². The molecule has 0 saturated carbocycles. The molecule has 0 bridgehead atoms. The second-order valence-corrected chi connectivity index (χ2v) is 4.78. The number of isothiocyanates is 1. The van der Waals surface area contributed by atoms with Crippen LogP contribution < -0.4 is 0 Å². The Kier molecular flexibility index (Phi) is 5.53. The average Bonchev–Trinajstić information content (AvgIpc) is 2.26. The summed E-state index contributed by atoms with van der Waals surface area (Å²) in [5, 5.41) is 10.8. The summed E-state index contributed by atoms with van der Waals surface area (Å²) < 4.78 is 36.7. The summed E-state index contributed by atoms with van der Waals surface area (Å²) in [6.45, 7) is 0. The van der Waals surface area contributed by atoms with Crippen LogP contribution in [-0.4, -0.2) is 21.7 Å². The Labute approximate surface area is 116 Å². The van der Waals surface area contributed by atoms with Gasteiger partial charge in [-0.1, -0.05) is 12.1 Å². The van der Waals surface area contributed by atoms with Crippen LogP contribution in [0.4, 0.5) is 13.2 Å². The summed E-state index contributed by atoms with van der Waals surface area (Å²) in [6, 6.07) is 4.63. The van der Waals surface area contributed by atoms with E-state index >= 15 is 0 Å². The number of alkyl halides is 3. The first kappa shape index (κ1) is 15.7. The second kappa shape index (κ2) is 6.70. The van der Waals surface area contributed by atoms with Gasteiger partial charge in [-0.15, -0.1) is 0 Å². The van der Waals surface area contributed by atoms with Crippen molar-refractivity contribution in [1.82, 2.24) is 0 Å². The van der Waals surface area contributed by atoms with E-state index in [0.717, 1.165) is 0 Å². The van der Waals surface area contributed by atoms with Crippen molar-refractivity contribution in [3.8, 4) is 0 Å². The predicted molar refractivity (Wildman–Crippen MR) is 68.4 cm³/mol. The predicted octanol–water partition coefficient (Wildman–Crippen LogP) is 3.92. The number of hydrogen-bond donors (Lipinski definition) is 1. The van der Waals surface area contributed by atoms with Crippen LogP contribution >= 0.6 is 24.0 Å². The van der Waals surface area contributed by atoms with Crippen LogP contribution in [0.2, 0.25) is 0 Å². The summed E-state index contributed by atoms with van der Waals surface area (Å²) >= 11 is 4.14. The van der Waals surface area contributed by atoms with Crippen LogP contribution in [0.25, 0.3) is 0 Å². The number of hydrogen-bond acceptors (Lipinski definition) is 4. The fourth-order valence-corrected chi connectivity index (χ4v) is 2.12. The monoisotopic (exact) mass is 307 g/mol. The molecule has 0 radical (unpaired) electrons. The molecular formula is C11H8F3NO2S2. The smallest absolute Gasteiger partial charge is 0.446 e. The molecule has 0 aromatic heterocycles. The maximum absolute atomic E-state index is 12.2. The van der Waals surface area contributed by atoms with Crippen molar-refractivity contribution < 1.29 is 23.1 Å². The average molecular weight is 307 g/mol. The fourth-order valence-electron chi connectivity index (χ4n) is 1.39. The van der Waals surface area contributed by atoms with Crippen molar-refractivity contribution >= 4 is 35.1 Å². The van der Waals surface area contributed by atoms with Crippen molar-refractivity contribution in [3.63, 3.8) is 0 Å². The lowest BCUT2D eigenvalue weighted by molar-refractivity contribution is -0.137. The van der Waals surface area contributed by atoms with Crippen LogP contribution in [-0.2, 0) is 4.79 Å². The van der Waals surface area contributed by atoms with Gasteiger partial charge in [0.1, 0.15) is 0 Å². The molecule has 8 heteroatoms. The van der Waals surface area contributed by atoms with E-state index in [1.165, 1.54) is 24.3 Å². The van der Waals surface area contributed by atoms with Crippen molar-refractivity contribution in [3.05, 3.63) is 29.8 Å². The molecule has 1 atom stereocenters. The molecule has 3 nitrogen and oxygen atoms in total. The Morgan fingerprint density at radius 3 is 2.74 bits per heavy atom. The van der Waals surface area contributed by atoms with E-state index in [-0.39, 0.29) is 23.1 Å². The molecule has 1 aromatic carbocycles. The zero-order chi connectivity index (χ0) is 14.5. The third-order valence-electron chi connectivity index (χ3n) is 2.05. The molecule has 0 aliphatic rings. The van der Waals surface area contributed by atoms with E-state index < -0.39 is 17.5 Å². The summed E-state index contributed by atoms with van der Waals surface area (Å²) in [4.78, 5) is 14.3. The Hall–Kier alpha value is -1.37. The van der Waals surface area contributed by atoms with Gasteiger partial charge in [0.05, 0.1) is 17.6 Å². The van der Waals surface area contributed by atoms with Gasteiger partial charge in [-0.2, -0.15) is 13.2 Å². The number of halogens is 3. The summed E-state index contributed by atoms with van der Waals surface area (Å²) in [5.74, 6) is -1.12. The number of thioether (sulfide) groups is 1. The molecule has 0 spiro atoms.